The minimum absolute atomic E-state index is 0.158. The number of hydrogen-bond acceptors (Lipinski definition) is 4. The van der Waals surface area contributed by atoms with Crippen LogP contribution in [0.4, 0.5) is 5.69 Å². The van der Waals surface area contributed by atoms with Crippen molar-refractivity contribution >= 4 is 17.4 Å². The Morgan fingerprint density at radius 1 is 1.33 bits per heavy atom. The second kappa shape index (κ2) is 8.26. The smallest absolute Gasteiger partial charge is 0.269 e. The molecule has 0 bridgehead atoms. The zero-order chi connectivity index (χ0) is 11.7. The van der Waals surface area contributed by atoms with Gasteiger partial charge in [-0.1, -0.05) is 19.1 Å². The van der Waals surface area contributed by atoms with Gasteiger partial charge in [0.1, 0.15) is 0 Å². The van der Waals surface area contributed by atoms with Crippen molar-refractivity contribution in [2.45, 2.75) is 12.7 Å². The van der Waals surface area contributed by atoms with Crippen LogP contribution < -0.4 is 0 Å². The average molecular weight is 229 g/mol. The normalized spacial score (nSPS) is 9.00. The number of hydrogen-bond donors (Lipinski definition) is 1. The minimum Gasteiger partial charge on any atom is -0.400 e. The molecule has 1 rings (SSSR count). The second-order valence-electron chi connectivity index (χ2n) is 2.56. The number of nitro groups is 1. The average Bonchev–Trinajstić information content (AvgIpc) is 2.29. The van der Waals surface area contributed by atoms with Gasteiger partial charge in [0, 0.05) is 25.0 Å². The molecule has 0 amide bonds. The summed E-state index contributed by atoms with van der Waals surface area (Å²) in [7, 11) is 1.00. The van der Waals surface area contributed by atoms with Gasteiger partial charge in [0.05, 0.1) is 4.92 Å². The van der Waals surface area contributed by atoms with Crippen molar-refractivity contribution in [3.05, 3.63) is 39.9 Å². The van der Waals surface area contributed by atoms with Crippen LogP contribution in [0.15, 0.2) is 24.3 Å². The van der Waals surface area contributed by atoms with Gasteiger partial charge in [-0.25, -0.2) is 0 Å². The maximum atomic E-state index is 10.3. The molecule has 1 aromatic carbocycles. The molecule has 0 saturated carbocycles. The Balaban J connectivity index is 0.000000921. The summed E-state index contributed by atoms with van der Waals surface area (Å²) in [5.41, 5.74) is 1.29. The SMILES string of the molecule is CCSCc1ccc([N+](=O)[O-])cc1.CO. The van der Waals surface area contributed by atoms with E-state index in [1.807, 2.05) is 0 Å². The maximum absolute atomic E-state index is 10.3. The molecule has 0 aliphatic heterocycles. The van der Waals surface area contributed by atoms with Crippen molar-refractivity contribution in [2.24, 2.45) is 0 Å². The number of nitrogens with zero attached hydrogens (tertiary/aromatic N) is 1. The topological polar surface area (TPSA) is 63.4 Å². The number of nitro benzene ring substituents is 1. The van der Waals surface area contributed by atoms with Crippen LogP contribution >= 0.6 is 11.8 Å². The number of rotatable bonds is 4. The van der Waals surface area contributed by atoms with Crippen molar-refractivity contribution in [1.29, 1.82) is 0 Å². The van der Waals surface area contributed by atoms with Gasteiger partial charge in [-0.15, -0.1) is 0 Å². The lowest BCUT2D eigenvalue weighted by molar-refractivity contribution is -0.384. The third-order valence-electron chi connectivity index (χ3n) is 1.62. The molecule has 0 aliphatic rings. The Kier molecular flexibility index (Phi) is 7.67. The summed E-state index contributed by atoms with van der Waals surface area (Å²) in [5.74, 6) is 1.99. The molecule has 4 nitrogen and oxygen atoms in total. The van der Waals surface area contributed by atoms with Crippen LogP contribution in [-0.2, 0) is 5.75 Å². The quantitative estimate of drug-likeness (QED) is 0.636. The number of thioether (sulfide) groups is 1. The number of aliphatic hydroxyl groups is 1. The molecule has 0 atom stereocenters. The zero-order valence-electron chi connectivity index (χ0n) is 8.84. The van der Waals surface area contributed by atoms with Crippen LogP contribution in [0, 0.1) is 10.1 Å². The Hall–Kier alpha value is -1.07. The lowest BCUT2D eigenvalue weighted by atomic mass is 10.2. The number of aliphatic hydroxyl groups excluding tert-OH is 1. The van der Waals surface area contributed by atoms with Crippen molar-refractivity contribution in [2.75, 3.05) is 12.9 Å². The molecule has 0 aliphatic carbocycles. The highest BCUT2D eigenvalue weighted by Gasteiger charge is 2.02. The summed E-state index contributed by atoms with van der Waals surface area (Å²) < 4.78 is 0. The van der Waals surface area contributed by atoms with E-state index in [4.69, 9.17) is 5.11 Å². The molecule has 0 radical (unpaired) electrons. The summed E-state index contributed by atoms with van der Waals surface area (Å²) in [6.45, 7) is 2.09. The molecule has 0 aromatic heterocycles. The first kappa shape index (κ1) is 13.9. The standard InChI is InChI=1S/C9H11NO2S.CH4O/c1-2-13-7-8-3-5-9(6-4-8)10(11)12;1-2/h3-6H,2,7H2,1H3;2H,1H3. The Bertz CT molecular complexity index is 287. The van der Waals surface area contributed by atoms with E-state index in [-0.39, 0.29) is 10.6 Å². The molecule has 1 N–H and O–H groups in total. The highest BCUT2D eigenvalue weighted by Crippen LogP contribution is 2.16. The predicted molar refractivity (Wildman–Crippen MR) is 63.1 cm³/mol. The van der Waals surface area contributed by atoms with Gasteiger partial charge in [-0.2, -0.15) is 11.8 Å². The van der Waals surface area contributed by atoms with Gasteiger partial charge in [0.25, 0.3) is 5.69 Å². The van der Waals surface area contributed by atoms with Gasteiger partial charge in [-0.3, -0.25) is 10.1 Å². The highest BCUT2D eigenvalue weighted by atomic mass is 32.2. The van der Waals surface area contributed by atoms with Crippen molar-refractivity contribution in [3.8, 4) is 0 Å². The molecule has 15 heavy (non-hydrogen) atoms. The van der Waals surface area contributed by atoms with Crippen molar-refractivity contribution < 1.29 is 10.0 Å². The fourth-order valence-corrected chi connectivity index (χ4v) is 1.57. The first-order chi connectivity index (χ1) is 7.24. The lowest BCUT2D eigenvalue weighted by Gasteiger charge is -1.98. The van der Waals surface area contributed by atoms with E-state index in [1.165, 1.54) is 0 Å². The largest absolute Gasteiger partial charge is 0.400 e. The van der Waals surface area contributed by atoms with Gasteiger partial charge >= 0.3 is 0 Å². The summed E-state index contributed by atoms with van der Waals surface area (Å²) in [5, 5.41) is 17.3. The maximum Gasteiger partial charge on any atom is 0.269 e. The molecular weight excluding hydrogens is 214 g/mol. The van der Waals surface area contributed by atoms with Crippen LogP contribution in [0.3, 0.4) is 0 Å². The fraction of sp³-hybridized carbons (Fsp3) is 0.400. The summed E-state index contributed by atoms with van der Waals surface area (Å²) in [6, 6.07) is 6.71. The summed E-state index contributed by atoms with van der Waals surface area (Å²) >= 11 is 1.81. The second-order valence-corrected chi connectivity index (χ2v) is 3.83. The number of non-ortho nitro benzene ring substituents is 1. The van der Waals surface area contributed by atoms with Crippen LogP contribution in [0.2, 0.25) is 0 Å². The van der Waals surface area contributed by atoms with E-state index >= 15 is 0 Å². The van der Waals surface area contributed by atoms with E-state index in [1.54, 1.807) is 36.0 Å². The van der Waals surface area contributed by atoms with Gasteiger partial charge in [0.2, 0.25) is 0 Å². The van der Waals surface area contributed by atoms with Crippen LogP contribution in [0.5, 0.6) is 0 Å². The fourth-order valence-electron chi connectivity index (χ4n) is 0.934. The Morgan fingerprint density at radius 3 is 2.27 bits per heavy atom. The first-order valence-corrected chi connectivity index (χ1v) is 5.65. The molecule has 84 valence electrons. The van der Waals surface area contributed by atoms with E-state index in [9.17, 15) is 10.1 Å². The van der Waals surface area contributed by atoms with E-state index < -0.39 is 0 Å². The van der Waals surface area contributed by atoms with Gasteiger partial charge < -0.3 is 5.11 Å². The first-order valence-electron chi connectivity index (χ1n) is 4.50. The number of benzene rings is 1. The molecule has 0 spiro atoms. The molecule has 1 aromatic rings. The van der Waals surface area contributed by atoms with Crippen molar-refractivity contribution in [1.82, 2.24) is 0 Å². The van der Waals surface area contributed by atoms with E-state index in [2.05, 4.69) is 6.92 Å². The summed E-state index contributed by atoms with van der Waals surface area (Å²) in [4.78, 5) is 9.95. The van der Waals surface area contributed by atoms with Gasteiger partial charge in [0.15, 0.2) is 0 Å². The van der Waals surface area contributed by atoms with Crippen LogP contribution in [-0.4, -0.2) is 22.9 Å². The Morgan fingerprint density at radius 2 is 1.87 bits per heavy atom. The molecule has 5 heteroatoms. The molecule has 0 saturated heterocycles. The molecule has 0 heterocycles. The van der Waals surface area contributed by atoms with E-state index in [0.717, 1.165) is 24.2 Å². The monoisotopic (exact) mass is 229 g/mol. The molecular formula is C10H15NO3S. The van der Waals surface area contributed by atoms with Crippen LogP contribution in [0.1, 0.15) is 12.5 Å². The third-order valence-corrected chi connectivity index (χ3v) is 2.57. The highest BCUT2D eigenvalue weighted by molar-refractivity contribution is 7.98. The minimum atomic E-state index is -0.378. The molecule has 0 fully saturated rings. The summed E-state index contributed by atoms with van der Waals surface area (Å²) in [6.07, 6.45) is 0. The molecule has 0 unspecified atom stereocenters. The Labute approximate surface area is 93.5 Å². The predicted octanol–water partition coefficient (Wildman–Crippen LogP) is 2.46. The third kappa shape index (κ3) is 5.39. The van der Waals surface area contributed by atoms with Crippen LogP contribution in [0.25, 0.3) is 0 Å². The van der Waals surface area contributed by atoms with Gasteiger partial charge in [-0.05, 0) is 11.3 Å². The van der Waals surface area contributed by atoms with E-state index in [0.29, 0.717) is 0 Å². The van der Waals surface area contributed by atoms with Crippen molar-refractivity contribution in [3.63, 3.8) is 0 Å². The zero-order valence-corrected chi connectivity index (χ0v) is 9.66. The lowest BCUT2D eigenvalue weighted by Crippen LogP contribution is -1.88.